The van der Waals surface area contributed by atoms with Gasteiger partial charge in [0.1, 0.15) is 11.8 Å². The van der Waals surface area contributed by atoms with Gasteiger partial charge in [-0.15, -0.1) is 11.3 Å². The molecule has 1 saturated heterocycles. The van der Waals surface area contributed by atoms with E-state index in [1.807, 2.05) is 0 Å². The first kappa shape index (κ1) is 16.9. The summed E-state index contributed by atoms with van der Waals surface area (Å²) in [7, 11) is -2.22. The molecule has 1 aromatic carbocycles. The van der Waals surface area contributed by atoms with Crippen molar-refractivity contribution in [1.82, 2.24) is 9.29 Å². The number of carbonyl (C=O) groups is 1. The largest absolute Gasteiger partial charge is 0.497 e. The van der Waals surface area contributed by atoms with E-state index in [0.29, 0.717) is 30.3 Å². The van der Waals surface area contributed by atoms with Crippen molar-refractivity contribution < 1.29 is 17.9 Å². The predicted octanol–water partition coefficient (Wildman–Crippen LogP) is 1.94. The molecule has 1 aromatic heterocycles. The molecule has 0 saturated carbocycles. The number of ether oxygens (including phenoxy) is 1. The van der Waals surface area contributed by atoms with E-state index < -0.39 is 16.1 Å². The third kappa shape index (κ3) is 3.28. The Morgan fingerprint density at radius 1 is 1.38 bits per heavy atom. The number of rotatable bonds is 5. The van der Waals surface area contributed by atoms with Crippen molar-refractivity contribution in [2.75, 3.05) is 19.0 Å². The van der Waals surface area contributed by atoms with Gasteiger partial charge in [-0.2, -0.15) is 4.31 Å². The van der Waals surface area contributed by atoms with Crippen LogP contribution in [0.3, 0.4) is 0 Å². The highest BCUT2D eigenvalue weighted by Crippen LogP contribution is 2.28. The second-order valence-corrected chi connectivity index (χ2v) is 8.06. The molecule has 0 aliphatic carbocycles. The van der Waals surface area contributed by atoms with Crippen molar-refractivity contribution in [3.63, 3.8) is 0 Å². The zero-order valence-electron chi connectivity index (χ0n) is 13.0. The maximum atomic E-state index is 12.8. The van der Waals surface area contributed by atoms with Gasteiger partial charge in [-0.3, -0.25) is 4.79 Å². The second-order valence-electron chi connectivity index (χ2n) is 5.28. The number of anilines is 1. The molecule has 2 heterocycles. The van der Waals surface area contributed by atoms with E-state index in [1.165, 1.54) is 34.9 Å². The lowest BCUT2D eigenvalue weighted by Gasteiger charge is -2.23. The van der Waals surface area contributed by atoms with E-state index >= 15 is 0 Å². The van der Waals surface area contributed by atoms with Gasteiger partial charge in [0.15, 0.2) is 5.13 Å². The van der Waals surface area contributed by atoms with E-state index in [-0.39, 0.29) is 10.8 Å². The number of aromatic nitrogens is 1. The van der Waals surface area contributed by atoms with Crippen LogP contribution in [0.15, 0.2) is 40.7 Å². The van der Waals surface area contributed by atoms with E-state index in [9.17, 15) is 13.2 Å². The van der Waals surface area contributed by atoms with E-state index in [4.69, 9.17) is 4.74 Å². The lowest BCUT2D eigenvalue weighted by molar-refractivity contribution is -0.119. The molecule has 1 fully saturated rings. The summed E-state index contributed by atoms with van der Waals surface area (Å²) in [5, 5.41) is 4.89. The number of amides is 1. The molecule has 0 bridgehead atoms. The summed E-state index contributed by atoms with van der Waals surface area (Å²) in [5.74, 6) is 0.230. The maximum Gasteiger partial charge on any atom is 0.244 e. The summed E-state index contributed by atoms with van der Waals surface area (Å²) in [6, 6.07) is 5.44. The highest BCUT2D eigenvalue weighted by atomic mass is 32.2. The van der Waals surface area contributed by atoms with Crippen LogP contribution < -0.4 is 10.1 Å². The Hall–Kier alpha value is -1.97. The first-order chi connectivity index (χ1) is 11.5. The van der Waals surface area contributed by atoms with Crippen molar-refractivity contribution in [2.24, 2.45) is 0 Å². The number of methoxy groups -OCH3 is 1. The van der Waals surface area contributed by atoms with Crippen molar-refractivity contribution in [3.05, 3.63) is 35.8 Å². The number of nitrogens with zero attached hydrogens (tertiary/aromatic N) is 2. The van der Waals surface area contributed by atoms with Crippen LogP contribution in [-0.2, 0) is 14.8 Å². The molecule has 1 amide bonds. The fourth-order valence-corrected chi connectivity index (χ4v) is 4.84. The fourth-order valence-electron chi connectivity index (χ4n) is 2.65. The van der Waals surface area contributed by atoms with Crippen molar-refractivity contribution in [3.8, 4) is 5.75 Å². The number of carbonyl (C=O) groups excluding carboxylic acids is 1. The molecule has 3 rings (SSSR count). The minimum absolute atomic E-state index is 0.150. The third-order valence-corrected chi connectivity index (χ3v) is 6.45. The predicted molar refractivity (Wildman–Crippen MR) is 90.7 cm³/mol. The van der Waals surface area contributed by atoms with Gasteiger partial charge < -0.3 is 10.1 Å². The average molecular weight is 367 g/mol. The topological polar surface area (TPSA) is 88.6 Å². The Labute approximate surface area is 144 Å². The minimum atomic E-state index is -3.74. The van der Waals surface area contributed by atoms with Gasteiger partial charge in [-0.25, -0.2) is 13.4 Å². The highest BCUT2D eigenvalue weighted by Gasteiger charge is 2.39. The Morgan fingerprint density at radius 2 is 2.12 bits per heavy atom. The molecule has 2 aromatic rings. The fraction of sp³-hybridized carbons (Fsp3) is 0.333. The molecule has 1 N–H and O–H groups in total. The summed E-state index contributed by atoms with van der Waals surface area (Å²) in [4.78, 5) is 16.6. The lowest BCUT2D eigenvalue weighted by atomic mass is 10.2. The first-order valence-corrected chi connectivity index (χ1v) is 9.70. The molecular formula is C15H17N3O4S2. The van der Waals surface area contributed by atoms with Gasteiger partial charge in [-0.05, 0) is 37.1 Å². The number of thiazole rings is 1. The summed E-state index contributed by atoms with van der Waals surface area (Å²) in [5.41, 5.74) is 0. The Bertz CT molecular complexity index is 804. The van der Waals surface area contributed by atoms with Crippen LogP contribution in [0.25, 0.3) is 0 Å². The molecule has 0 radical (unpaired) electrons. The van der Waals surface area contributed by atoms with Crippen LogP contribution in [0.1, 0.15) is 12.8 Å². The second kappa shape index (κ2) is 6.88. The molecule has 0 spiro atoms. The minimum Gasteiger partial charge on any atom is -0.497 e. The smallest absolute Gasteiger partial charge is 0.244 e. The van der Waals surface area contributed by atoms with Gasteiger partial charge in [0.05, 0.1) is 12.0 Å². The molecule has 1 atom stereocenters. The number of hydrogen-bond donors (Lipinski definition) is 1. The van der Waals surface area contributed by atoms with E-state index in [2.05, 4.69) is 10.3 Å². The maximum absolute atomic E-state index is 12.8. The van der Waals surface area contributed by atoms with Gasteiger partial charge in [-0.1, -0.05) is 0 Å². The van der Waals surface area contributed by atoms with Crippen molar-refractivity contribution in [1.29, 1.82) is 0 Å². The van der Waals surface area contributed by atoms with Crippen molar-refractivity contribution >= 4 is 32.4 Å². The normalized spacial score (nSPS) is 18.5. The van der Waals surface area contributed by atoms with Crippen LogP contribution >= 0.6 is 11.3 Å². The number of hydrogen-bond acceptors (Lipinski definition) is 6. The molecule has 24 heavy (non-hydrogen) atoms. The Balaban J connectivity index is 1.81. The van der Waals surface area contributed by atoms with Crippen LogP contribution in [0.4, 0.5) is 5.13 Å². The zero-order valence-corrected chi connectivity index (χ0v) is 14.6. The third-order valence-electron chi connectivity index (χ3n) is 3.83. The standard InChI is InChI=1S/C15H17N3O4S2/c1-22-11-4-6-12(7-5-11)24(20,21)18-9-2-3-13(18)14(19)17-15-16-8-10-23-15/h4-8,10,13H,2-3,9H2,1H3,(H,16,17,19)/t13-/m0/s1. The average Bonchev–Trinajstić information content (AvgIpc) is 3.26. The highest BCUT2D eigenvalue weighted by molar-refractivity contribution is 7.89. The zero-order chi connectivity index (χ0) is 17.2. The molecule has 1 aliphatic heterocycles. The molecular weight excluding hydrogens is 350 g/mol. The SMILES string of the molecule is COc1ccc(S(=O)(=O)N2CCC[C@H]2C(=O)Nc2nccs2)cc1. The molecule has 0 unspecified atom stereocenters. The van der Waals surface area contributed by atoms with Gasteiger partial charge >= 0.3 is 0 Å². The Morgan fingerprint density at radius 3 is 2.75 bits per heavy atom. The van der Waals surface area contributed by atoms with Gasteiger partial charge in [0.25, 0.3) is 0 Å². The van der Waals surface area contributed by atoms with Gasteiger partial charge in [0, 0.05) is 18.1 Å². The lowest BCUT2D eigenvalue weighted by Crippen LogP contribution is -2.43. The van der Waals surface area contributed by atoms with Crippen molar-refractivity contribution in [2.45, 2.75) is 23.8 Å². The summed E-state index contributed by atoms with van der Waals surface area (Å²) in [6.07, 6.45) is 2.72. The molecule has 9 heteroatoms. The Kier molecular flexibility index (Phi) is 4.83. The van der Waals surface area contributed by atoms with Crippen LogP contribution in [0.5, 0.6) is 5.75 Å². The monoisotopic (exact) mass is 367 g/mol. The number of sulfonamides is 1. The van der Waals surface area contributed by atoms with Gasteiger partial charge in [0.2, 0.25) is 15.9 Å². The molecule has 1 aliphatic rings. The number of nitrogens with one attached hydrogen (secondary N) is 1. The summed E-state index contributed by atoms with van der Waals surface area (Å²) >= 11 is 1.29. The summed E-state index contributed by atoms with van der Waals surface area (Å²) < 4.78 is 32.0. The van der Waals surface area contributed by atoms with E-state index in [1.54, 1.807) is 23.7 Å². The first-order valence-electron chi connectivity index (χ1n) is 7.38. The van der Waals surface area contributed by atoms with Crippen LogP contribution in [-0.4, -0.2) is 43.3 Å². The van der Waals surface area contributed by atoms with Crippen LogP contribution in [0, 0.1) is 0 Å². The molecule has 128 valence electrons. The quantitative estimate of drug-likeness (QED) is 0.872. The summed E-state index contributed by atoms with van der Waals surface area (Å²) in [6.45, 7) is 0.324. The van der Waals surface area contributed by atoms with E-state index in [0.717, 1.165) is 0 Å². The molecule has 7 nitrogen and oxygen atoms in total. The number of benzene rings is 1. The van der Waals surface area contributed by atoms with Crippen LogP contribution in [0.2, 0.25) is 0 Å².